The molecule has 1 aliphatic rings. The molecule has 0 bridgehead atoms. The number of piperazine rings is 1. The van der Waals surface area contributed by atoms with Crippen molar-refractivity contribution in [2.75, 3.05) is 35.7 Å². The summed E-state index contributed by atoms with van der Waals surface area (Å²) >= 11 is 7.40. The Morgan fingerprint density at radius 3 is 2.61 bits per heavy atom. The van der Waals surface area contributed by atoms with Crippen LogP contribution >= 0.6 is 22.9 Å². The van der Waals surface area contributed by atoms with Crippen LogP contribution in [0.5, 0.6) is 5.75 Å². The van der Waals surface area contributed by atoms with Gasteiger partial charge in [-0.1, -0.05) is 11.6 Å². The SMILES string of the molecule is C[C@@H]1CN(c2ccc(Nc3ncc(Cl)c(Nc4ccsc4C(N)=O)n3)c(OC(F)F)c2)C[C@H](C)N1C. The Balaban J connectivity index is 1.59. The zero-order valence-corrected chi connectivity index (χ0v) is 21.4. The predicted octanol–water partition coefficient (Wildman–Crippen LogP) is 4.91. The number of aromatic nitrogens is 2. The van der Waals surface area contributed by atoms with Crippen LogP contribution in [0.15, 0.2) is 35.8 Å². The number of nitrogens with two attached hydrogens (primary N) is 1. The lowest BCUT2D eigenvalue weighted by molar-refractivity contribution is -0.0493. The van der Waals surface area contributed by atoms with E-state index in [-0.39, 0.29) is 28.2 Å². The third kappa shape index (κ3) is 5.77. The Morgan fingerprint density at radius 2 is 1.94 bits per heavy atom. The van der Waals surface area contributed by atoms with Gasteiger partial charge in [0.05, 0.1) is 17.6 Å². The van der Waals surface area contributed by atoms with E-state index >= 15 is 0 Å². The van der Waals surface area contributed by atoms with E-state index < -0.39 is 12.5 Å². The monoisotopic (exact) mass is 537 g/mol. The molecule has 1 amide bonds. The minimum Gasteiger partial charge on any atom is -0.433 e. The van der Waals surface area contributed by atoms with E-state index in [4.69, 9.17) is 22.1 Å². The predicted molar refractivity (Wildman–Crippen MR) is 138 cm³/mol. The molecule has 1 aromatic carbocycles. The van der Waals surface area contributed by atoms with Crippen LogP contribution < -0.4 is 26.0 Å². The van der Waals surface area contributed by atoms with Gasteiger partial charge >= 0.3 is 6.61 Å². The second-order valence-electron chi connectivity index (χ2n) is 8.50. The van der Waals surface area contributed by atoms with Gasteiger partial charge in [0, 0.05) is 36.9 Å². The van der Waals surface area contributed by atoms with Crippen LogP contribution in [0.25, 0.3) is 0 Å². The fourth-order valence-electron chi connectivity index (χ4n) is 3.98. The molecule has 2 atom stereocenters. The van der Waals surface area contributed by atoms with E-state index in [1.54, 1.807) is 23.6 Å². The van der Waals surface area contributed by atoms with Gasteiger partial charge in [-0.15, -0.1) is 11.3 Å². The Kier molecular flexibility index (Phi) is 7.76. The molecule has 192 valence electrons. The molecule has 0 unspecified atom stereocenters. The number of amides is 1. The first-order chi connectivity index (χ1) is 17.1. The second kappa shape index (κ2) is 10.8. The molecule has 3 heterocycles. The molecule has 9 nitrogen and oxygen atoms in total. The number of nitrogens with zero attached hydrogens (tertiary/aromatic N) is 4. The molecular weight excluding hydrogens is 512 g/mol. The number of halogens is 3. The summed E-state index contributed by atoms with van der Waals surface area (Å²) in [5.41, 5.74) is 6.88. The lowest BCUT2D eigenvalue weighted by atomic mass is 10.1. The van der Waals surface area contributed by atoms with E-state index in [1.165, 1.54) is 17.5 Å². The van der Waals surface area contributed by atoms with E-state index in [9.17, 15) is 13.6 Å². The van der Waals surface area contributed by atoms with Crippen molar-refractivity contribution in [1.29, 1.82) is 0 Å². The van der Waals surface area contributed by atoms with Crippen molar-refractivity contribution in [3.63, 3.8) is 0 Å². The first-order valence-electron chi connectivity index (χ1n) is 11.1. The average Bonchev–Trinajstić information content (AvgIpc) is 3.28. The van der Waals surface area contributed by atoms with Crippen LogP contribution in [-0.2, 0) is 0 Å². The minimum atomic E-state index is -3.01. The number of primary amides is 1. The van der Waals surface area contributed by atoms with Gasteiger partial charge in [-0.3, -0.25) is 9.69 Å². The summed E-state index contributed by atoms with van der Waals surface area (Å²) in [5.74, 6) is -0.326. The number of alkyl halides is 2. The molecule has 1 fully saturated rings. The molecule has 3 aromatic rings. The van der Waals surface area contributed by atoms with Crippen LogP contribution in [-0.4, -0.2) is 59.6 Å². The Labute approximate surface area is 216 Å². The van der Waals surface area contributed by atoms with E-state index in [0.29, 0.717) is 22.6 Å². The number of likely N-dealkylation sites (N-methyl/N-ethyl adjacent to an activating group) is 1. The van der Waals surface area contributed by atoms with Gasteiger partial charge in [0.25, 0.3) is 5.91 Å². The Bertz CT molecular complexity index is 1230. The van der Waals surface area contributed by atoms with Crippen molar-refractivity contribution in [3.8, 4) is 5.75 Å². The van der Waals surface area contributed by atoms with Crippen LogP contribution in [0, 0.1) is 0 Å². The second-order valence-corrected chi connectivity index (χ2v) is 9.82. The van der Waals surface area contributed by atoms with Gasteiger partial charge in [0.15, 0.2) is 11.6 Å². The molecule has 0 spiro atoms. The largest absolute Gasteiger partial charge is 0.433 e. The average molecular weight is 538 g/mol. The van der Waals surface area contributed by atoms with Gasteiger partial charge in [-0.05, 0) is 44.5 Å². The van der Waals surface area contributed by atoms with Crippen LogP contribution in [0.2, 0.25) is 5.02 Å². The highest BCUT2D eigenvalue weighted by atomic mass is 35.5. The number of hydrogen-bond donors (Lipinski definition) is 3. The number of rotatable bonds is 8. The smallest absolute Gasteiger partial charge is 0.387 e. The molecule has 1 saturated heterocycles. The maximum Gasteiger partial charge on any atom is 0.387 e. The lowest BCUT2D eigenvalue weighted by Gasteiger charge is -2.43. The maximum absolute atomic E-state index is 13.3. The van der Waals surface area contributed by atoms with Gasteiger partial charge in [-0.2, -0.15) is 13.8 Å². The Morgan fingerprint density at radius 1 is 1.22 bits per heavy atom. The molecule has 0 aliphatic carbocycles. The molecule has 36 heavy (non-hydrogen) atoms. The summed E-state index contributed by atoms with van der Waals surface area (Å²) in [6.45, 7) is 2.75. The molecule has 4 rings (SSSR count). The Hall–Kier alpha value is -3.22. The van der Waals surface area contributed by atoms with Gasteiger partial charge < -0.3 is 26.0 Å². The number of carbonyl (C=O) groups is 1. The molecular formula is C23H26ClF2N7O2S. The summed E-state index contributed by atoms with van der Waals surface area (Å²) in [5, 5.41) is 7.78. The maximum atomic E-state index is 13.3. The summed E-state index contributed by atoms with van der Waals surface area (Å²) in [6, 6.07) is 7.35. The van der Waals surface area contributed by atoms with Crippen LogP contribution in [0.1, 0.15) is 23.5 Å². The fourth-order valence-corrected chi connectivity index (χ4v) is 4.82. The molecule has 0 radical (unpaired) electrons. The van der Waals surface area contributed by atoms with Crippen molar-refractivity contribution in [2.24, 2.45) is 5.73 Å². The van der Waals surface area contributed by atoms with Crippen molar-refractivity contribution in [1.82, 2.24) is 14.9 Å². The van der Waals surface area contributed by atoms with Gasteiger partial charge in [0.2, 0.25) is 5.95 Å². The highest BCUT2D eigenvalue weighted by molar-refractivity contribution is 7.12. The number of benzene rings is 1. The number of carbonyl (C=O) groups excluding carboxylic acids is 1. The molecule has 1 aliphatic heterocycles. The van der Waals surface area contributed by atoms with Gasteiger partial charge in [-0.25, -0.2) is 4.98 Å². The van der Waals surface area contributed by atoms with Crippen LogP contribution in [0.4, 0.5) is 37.6 Å². The van der Waals surface area contributed by atoms with Crippen molar-refractivity contribution in [3.05, 3.63) is 45.7 Å². The quantitative estimate of drug-likeness (QED) is 0.372. The van der Waals surface area contributed by atoms with Crippen molar-refractivity contribution < 1.29 is 18.3 Å². The summed E-state index contributed by atoms with van der Waals surface area (Å²) in [7, 11) is 2.08. The topological polar surface area (TPSA) is 109 Å². The first-order valence-corrected chi connectivity index (χ1v) is 12.4. The van der Waals surface area contributed by atoms with E-state index in [1.807, 2.05) is 6.07 Å². The third-order valence-corrected chi connectivity index (χ3v) is 7.24. The molecule has 13 heteroatoms. The highest BCUT2D eigenvalue weighted by Gasteiger charge is 2.27. The summed E-state index contributed by atoms with van der Waals surface area (Å²) in [6.07, 6.45) is 1.35. The fraction of sp³-hybridized carbons (Fsp3) is 0.348. The third-order valence-electron chi connectivity index (χ3n) is 6.04. The summed E-state index contributed by atoms with van der Waals surface area (Å²) in [4.78, 5) is 24.8. The normalized spacial score (nSPS) is 18.4. The number of hydrogen-bond acceptors (Lipinski definition) is 9. The number of nitrogens with one attached hydrogen (secondary N) is 2. The highest BCUT2D eigenvalue weighted by Crippen LogP contribution is 2.35. The zero-order valence-electron chi connectivity index (χ0n) is 19.8. The number of thiophene rings is 1. The van der Waals surface area contributed by atoms with Crippen LogP contribution in [0.3, 0.4) is 0 Å². The van der Waals surface area contributed by atoms with E-state index in [2.05, 4.69) is 51.3 Å². The van der Waals surface area contributed by atoms with Crippen molar-refractivity contribution in [2.45, 2.75) is 32.5 Å². The molecule has 0 saturated carbocycles. The molecule has 4 N–H and O–H groups in total. The number of anilines is 5. The standard InChI is InChI=1S/C23H26ClF2N7O2S/c1-12-10-33(11-13(2)32(12)3)14-4-5-16(18(8-14)35-22(25)26)30-23-28-9-15(24)21(31-23)29-17-6-7-36-19(17)20(27)34/h4-9,12-13,22H,10-11H2,1-3H3,(H2,27,34)(H2,28,29,30,31)/t12-,13+. The molecule has 2 aromatic heterocycles. The van der Waals surface area contributed by atoms with Crippen molar-refractivity contribution >= 4 is 57.7 Å². The lowest BCUT2D eigenvalue weighted by Crippen LogP contribution is -2.55. The van der Waals surface area contributed by atoms with E-state index in [0.717, 1.165) is 18.8 Å². The summed E-state index contributed by atoms with van der Waals surface area (Å²) < 4.78 is 31.3. The minimum absolute atomic E-state index is 0.0383. The zero-order chi connectivity index (χ0) is 26.0. The first kappa shape index (κ1) is 25.9. The van der Waals surface area contributed by atoms with Gasteiger partial charge in [0.1, 0.15) is 9.90 Å². The number of ether oxygens (including phenoxy) is 1.